The molecule has 3 N–H and O–H groups in total. The van der Waals surface area contributed by atoms with Crippen LogP contribution >= 0.6 is 0 Å². The molecule has 2 aromatic carbocycles. The summed E-state index contributed by atoms with van der Waals surface area (Å²) in [5, 5.41) is 2.37. The van der Waals surface area contributed by atoms with Crippen molar-refractivity contribution in [3.8, 4) is 0 Å². The lowest BCUT2D eigenvalue weighted by Gasteiger charge is -2.13. The highest BCUT2D eigenvalue weighted by Crippen LogP contribution is 2.22. The first-order valence-electron chi connectivity index (χ1n) is 6.21. The van der Waals surface area contributed by atoms with Gasteiger partial charge in [-0.05, 0) is 30.3 Å². The van der Waals surface area contributed by atoms with Gasteiger partial charge in [0.25, 0.3) is 5.91 Å². The molecule has 0 saturated heterocycles. The molecule has 6 heteroatoms. The van der Waals surface area contributed by atoms with E-state index in [0.29, 0.717) is 11.6 Å². The van der Waals surface area contributed by atoms with Crippen LogP contribution in [0.1, 0.15) is 10.4 Å². The number of carbonyl (C=O) groups excluding carboxylic acids is 1. The first kappa shape index (κ1) is 14.8. The van der Waals surface area contributed by atoms with Crippen LogP contribution in [-0.4, -0.2) is 20.0 Å². The Labute approximate surface area is 121 Å². The number of hydrogen-bond acceptors (Lipinski definition) is 3. The minimum absolute atomic E-state index is 0.157. The highest BCUT2D eigenvalue weighted by atomic mass is 19.1. The van der Waals surface area contributed by atoms with E-state index in [1.54, 1.807) is 24.3 Å². The number of anilines is 3. The predicted octanol–water partition coefficient (Wildman–Crippen LogP) is 2.87. The van der Waals surface area contributed by atoms with Crippen molar-refractivity contribution in [2.45, 2.75) is 0 Å². The van der Waals surface area contributed by atoms with Crippen LogP contribution in [0.4, 0.5) is 25.8 Å². The van der Waals surface area contributed by atoms with Gasteiger partial charge in [0.15, 0.2) is 0 Å². The number of hydrogen-bond donors (Lipinski definition) is 2. The molecule has 21 heavy (non-hydrogen) atoms. The lowest BCUT2D eigenvalue weighted by atomic mass is 10.1. The molecule has 0 aromatic heterocycles. The molecule has 0 aliphatic carbocycles. The number of nitrogens with two attached hydrogens (primary N) is 1. The molecule has 0 radical (unpaired) electrons. The minimum Gasteiger partial charge on any atom is -0.396 e. The number of carbonyl (C=O) groups is 1. The number of halogens is 2. The van der Waals surface area contributed by atoms with Crippen molar-refractivity contribution >= 4 is 23.0 Å². The van der Waals surface area contributed by atoms with Crippen molar-refractivity contribution in [3.05, 3.63) is 53.6 Å². The Bertz CT molecular complexity index is 669. The SMILES string of the molecule is CN(C)c1ccc(C(=O)Nc2cc(N)c(F)cc2F)cc1. The molecule has 0 atom stereocenters. The molecule has 0 aliphatic rings. The monoisotopic (exact) mass is 291 g/mol. The molecule has 0 aliphatic heterocycles. The lowest BCUT2D eigenvalue weighted by Crippen LogP contribution is -2.14. The van der Waals surface area contributed by atoms with Gasteiger partial charge in [0.1, 0.15) is 11.6 Å². The summed E-state index contributed by atoms with van der Waals surface area (Å²) in [6.45, 7) is 0. The molecule has 1 amide bonds. The molecule has 0 bridgehead atoms. The van der Waals surface area contributed by atoms with Crippen LogP contribution in [0.2, 0.25) is 0 Å². The standard InChI is InChI=1S/C15H15F2N3O/c1-20(2)10-5-3-9(4-6-10)15(21)19-14-8-13(18)11(16)7-12(14)17/h3-8H,18H2,1-2H3,(H,19,21). The summed E-state index contributed by atoms with van der Waals surface area (Å²) in [5.74, 6) is -2.23. The van der Waals surface area contributed by atoms with E-state index in [9.17, 15) is 13.6 Å². The molecule has 0 spiro atoms. The fourth-order valence-corrected chi connectivity index (χ4v) is 1.77. The molecule has 0 unspecified atom stereocenters. The Morgan fingerprint density at radius 2 is 1.71 bits per heavy atom. The third-order valence-corrected chi connectivity index (χ3v) is 2.98. The average molecular weight is 291 g/mol. The second-order valence-electron chi connectivity index (χ2n) is 4.75. The number of rotatable bonds is 3. The summed E-state index contributed by atoms with van der Waals surface area (Å²) in [4.78, 5) is 13.9. The topological polar surface area (TPSA) is 58.4 Å². The molecule has 0 saturated carbocycles. The zero-order valence-corrected chi connectivity index (χ0v) is 11.7. The quantitative estimate of drug-likeness (QED) is 0.855. The summed E-state index contributed by atoms with van der Waals surface area (Å²) < 4.78 is 26.6. The first-order valence-corrected chi connectivity index (χ1v) is 6.21. The Balaban J connectivity index is 2.20. The molecule has 110 valence electrons. The van der Waals surface area contributed by atoms with Gasteiger partial charge in [0.05, 0.1) is 11.4 Å². The van der Waals surface area contributed by atoms with E-state index in [-0.39, 0.29) is 11.4 Å². The van der Waals surface area contributed by atoms with Crippen LogP contribution in [0.3, 0.4) is 0 Å². The van der Waals surface area contributed by atoms with Crippen LogP contribution in [0.5, 0.6) is 0 Å². The van der Waals surface area contributed by atoms with E-state index in [4.69, 9.17) is 5.73 Å². The number of benzene rings is 2. The van der Waals surface area contributed by atoms with E-state index in [0.717, 1.165) is 11.8 Å². The molecular formula is C15H15F2N3O. The Hall–Kier alpha value is -2.63. The van der Waals surface area contributed by atoms with E-state index >= 15 is 0 Å². The zero-order valence-electron chi connectivity index (χ0n) is 11.7. The van der Waals surface area contributed by atoms with Crippen LogP contribution in [-0.2, 0) is 0 Å². The molecular weight excluding hydrogens is 276 g/mol. The Morgan fingerprint density at radius 3 is 2.29 bits per heavy atom. The van der Waals surface area contributed by atoms with E-state index in [1.807, 2.05) is 19.0 Å². The molecule has 4 nitrogen and oxygen atoms in total. The van der Waals surface area contributed by atoms with Crippen molar-refractivity contribution in [1.82, 2.24) is 0 Å². The van der Waals surface area contributed by atoms with Crippen molar-refractivity contribution < 1.29 is 13.6 Å². The van der Waals surface area contributed by atoms with Gasteiger partial charge in [-0.2, -0.15) is 0 Å². The highest BCUT2D eigenvalue weighted by molar-refractivity contribution is 6.04. The first-order chi connectivity index (χ1) is 9.88. The minimum atomic E-state index is -0.875. The van der Waals surface area contributed by atoms with Gasteiger partial charge < -0.3 is 16.0 Å². The fraction of sp³-hybridized carbons (Fsp3) is 0.133. The van der Waals surface area contributed by atoms with Crippen LogP contribution in [0, 0.1) is 11.6 Å². The van der Waals surface area contributed by atoms with Crippen LogP contribution in [0.15, 0.2) is 36.4 Å². The van der Waals surface area contributed by atoms with Gasteiger partial charge >= 0.3 is 0 Å². The number of nitrogens with one attached hydrogen (secondary N) is 1. The normalized spacial score (nSPS) is 10.3. The van der Waals surface area contributed by atoms with Crippen LogP contribution in [0.25, 0.3) is 0 Å². The van der Waals surface area contributed by atoms with Gasteiger partial charge in [0, 0.05) is 31.4 Å². The van der Waals surface area contributed by atoms with Crippen molar-refractivity contribution in [2.24, 2.45) is 0 Å². The van der Waals surface area contributed by atoms with Crippen LogP contribution < -0.4 is 16.0 Å². The summed E-state index contributed by atoms with van der Waals surface area (Å²) in [6.07, 6.45) is 0. The van der Waals surface area contributed by atoms with E-state index in [1.165, 1.54) is 0 Å². The highest BCUT2D eigenvalue weighted by Gasteiger charge is 2.12. The Kier molecular flexibility index (Phi) is 4.07. The summed E-state index contributed by atoms with van der Waals surface area (Å²) in [6, 6.07) is 8.47. The van der Waals surface area contributed by atoms with Crippen molar-refractivity contribution in [2.75, 3.05) is 30.0 Å². The average Bonchev–Trinajstić information content (AvgIpc) is 2.44. The fourth-order valence-electron chi connectivity index (χ4n) is 1.77. The second-order valence-corrected chi connectivity index (χ2v) is 4.75. The number of amides is 1. The van der Waals surface area contributed by atoms with Gasteiger partial charge in [0.2, 0.25) is 0 Å². The number of nitrogen functional groups attached to an aromatic ring is 1. The third-order valence-electron chi connectivity index (χ3n) is 2.98. The lowest BCUT2D eigenvalue weighted by molar-refractivity contribution is 0.102. The predicted molar refractivity (Wildman–Crippen MR) is 79.5 cm³/mol. The van der Waals surface area contributed by atoms with Gasteiger partial charge in [-0.15, -0.1) is 0 Å². The smallest absolute Gasteiger partial charge is 0.255 e. The van der Waals surface area contributed by atoms with Gasteiger partial charge in [-0.1, -0.05) is 0 Å². The zero-order chi connectivity index (χ0) is 15.6. The summed E-state index contributed by atoms with van der Waals surface area (Å²) in [7, 11) is 3.76. The Morgan fingerprint density at radius 1 is 1.10 bits per heavy atom. The largest absolute Gasteiger partial charge is 0.396 e. The van der Waals surface area contributed by atoms with Gasteiger partial charge in [-0.3, -0.25) is 4.79 Å². The maximum atomic E-state index is 13.6. The maximum Gasteiger partial charge on any atom is 0.255 e. The van der Waals surface area contributed by atoms with Crippen molar-refractivity contribution in [1.29, 1.82) is 0 Å². The molecule has 2 aromatic rings. The van der Waals surface area contributed by atoms with Gasteiger partial charge in [-0.25, -0.2) is 8.78 Å². The summed E-state index contributed by atoms with van der Waals surface area (Å²) in [5.41, 5.74) is 6.27. The molecule has 0 fully saturated rings. The van der Waals surface area contributed by atoms with Crippen molar-refractivity contribution in [3.63, 3.8) is 0 Å². The summed E-state index contributed by atoms with van der Waals surface area (Å²) >= 11 is 0. The maximum absolute atomic E-state index is 13.6. The second kappa shape index (κ2) is 5.78. The molecule has 0 heterocycles. The molecule has 2 rings (SSSR count). The third kappa shape index (κ3) is 3.28. The number of nitrogens with zero attached hydrogens (tertiary/aromatic N) is 1. The van der Waals surface area contributed by atoms with E-state index < -0.39 is 17.5 Å². The van der Waals surface area contributed by atoms with E-state index in [2.05, 4.69) is 5.32 Å².